The Labute approximate surface area is 82.7 Å². The van der Waals surface area contributed by atoms with E-state index in [2.05, 4.69) is 0 Å². The average molecular weight is 191 g/mol. The van der Waals surface area contributed by atoms with Gasteiger partial charge in [0.05, 0.1) is 11.4 Å². The molecule has 0 N–H and O–H groups in total. The van der Waals surface area contributed by atoms with E-state index in [1.54, 1.807) is 11.6 Å². The van der Waals surface area contributed by atoms with E-state index >= 15 is 0 Å². The molecule has 0 aromatic carbocycles. The van der Waals surface area contributed by atoms with Gasteiger partial charge in [-0.3, -0.25) is 9.59 Å². The van der Waals surface area contributed by atoms with Crippen LogP contribution in [-0.2, 0) is 13.5 Å². The van der Waals surface area contributed by atoms with Crippen LogP contribution >= 0.6 is 0 Å². The van der Waals surface area contributed by atoms with Crippen LogP contribution in [0.4, 0.5) is 0 Å². The van der Waals surface area contributed by atoms with Crippen LogP contribution in [0.15, 0.2) is 6.07 Å². The molecule has 0 atom stereocenters. The fourth-order valence-corrected chi connectivity index (χ4v) is 2.12. The molecular weight excluding hydrogens is 178 g/mol. The molecule has 3 heteroatoms. The van der Waals surface area contributed by atoms with Gasteiger partial charge in [0.25, 0.3) is 0 Å². The van der Waals surface area contributed by atoms with Gasteiger partial charge in [-0.1, -0.05) is 0 Å². The Morgan fingerprint density at radius 1 is 1.43 bits per heavy atom. The molecule has 0 unspecified atom stereocenters. The van der Waals surface area contributed by atoms with Crippen molar-refractivity contribution in [2.75, 3.05) is 0 Å². The maximum atomic E-state index is 11.6. The minimum absolute atomic E-state index is 0.0229. The van der Waals surface area contributed by atoms with Crippen molar-refractivity contribution in [3.63, 3.8) is 0 Å². The van der Waals surface area contributed by atoms with Gasteiger partial charge in [0.2, 0.25) is 0 Å². The highest BCUT2D eigenvalue weighted by atomic mass is 16.1. The van der Waals surface area contributed by atoms with Gasteiger partial charge >= 0.3 is 0 Å². The normalized spacial score (nSPS) is 15.4. The Morgan fingerprint density at radius 3 is 2.71 bits per heavy atom. The molecule has 2 rings (SSSR count). The molecule has 1 aromatic rings. The van der Waals surface area contributed by atoms with Crippen molar-refractivity contribution in [2.24, 2.45) is 7.05 Å². The fraction of sp³-hybridized carbons (Fsp3) is 0.455. The summed E-state index contributed by atoms with van der Waals surface area (Å²) in [5, 5.41) is 0. The first-order chi connectivity index (χ1) is 6.61. The zero-order chi connectivity index (χ0) is 10.3. The van der Waals surface area contributed by atoms with Crippen LogP contribution in [0, 0.1) is 0 Å². The summed E-state index contributed by atoms with van der Waals surface area (Å²) in [7, 11) is 1.79. The van der Waals surface area contributed by atoms with Gasteiger partial charge in [-0.05, 0) is 24.5 Å². The van der Waals surface area contributed by atoms with E-state index in [4.69, 9.17) is 0 Å². The SMILES string of the molecule is CC(=O)c1cc2c(n1C)C(=O)CCC2. The zero-order valence-corrected chi connectivity index (χ0v) is 8.46. The van der Waals surface area contributed by atoms with E-state index < -0.39 is 0 Å². The molecule has 3 nitrogen and oxygen atoms in total. The highest BCUT2D eigenvalue weighted by Crippen LogP contribution is 2.24. The van der Waals surface area contributed by atoms with Gasteiger partial charge in [0.1, 0.15) is 0 Å². The fourth-order valence-electron chi connectivity index (χ4n) is 2.12. The van der Waals surface area contributed by atoms with Crippen molar-refractivity contribution in [3.8, 4) is 0 Å². The molecule has 0 fully saturated rings. The molecule has 1 aliphatic rings. The third kappa shape index (κ3) is 1.20. The Balaban J connectivity index is 2.60. The summed E-state index contributed by atoms with van der Waals surface area (Å²) in [5.74, 6) is 0.191. The van der Waals surface area contributed by atoms with Crippen molar-refractivity contribution in [3.05, 3.63) is 23.0 Å². The Bertz CT molecular complexity index is 415. The summed E-state index contributed by atoms with van der Waals surface area (Å²) < 4.78 is 1.74. The van der Waals surface area contributed by atoms with Crippen molar-refractivity contribution < 1.29 is 9.59 Å². The number of aromatic nitrogens is 1. The number of fused-ring (bicyclic) bond motifs is 1. The quantitative estimate of drug-likeness (QED) is 0.634. The first-order valence-electron chi connectivity index (χ1n) is 4.84. The van der Waals surface area contributed by atoms with E-state index in [0.717, 1.165) is 24.1 Å². The highest BCUT2D eigenvalue weighted by Gasteiger charge is 2.23. The van der Waals surface area contributed by atoms with E-state index in [9.17, 15) is 9.59 Å². The monoisotopic (exact) mass is 191 g/mol. The van der Waals surface area contributed by atoms with Gasteiger partial charge < -0.3 is 4.57 Å². The number of aryl methyl sites for hydroxylation is 1. The zero-order valence-electron chi connectivity index (χ0n) is 8.46. The lowest BCUT2D eigenvalue weighted by atomic mass is 9.97. The Hall–Kier alpha value is -1.38. The minimum atomic E-state index is 0.0229. The van der Waals surface area contributed by atoms with Crippen LogP contribution in [0.1, 0.15) is 46.3 Å². The Kier molecular flexibility index (Phi) is 2.02. The minimum Gasteiger partial charge on any atom is -0.339 e. The van der Waals surface area contributed by atoms with Crippen LogP contribution in [-0.4, -0.2) is 16.1 Å². The molecule has 0 saturated carbocycles. The molecule has 1 aromatic heterocycles. The standard InChI is InChI=1S/C11H13NO2/c1-7(13)9-6-8-4-3-5-10(14)11(8)12(9)2/h6H,3-5H2,1-2H3. The molecule has 0 amide bonds. The molecule has 0 aliphatic heterocycles. The van der Waals surface area contributed by atoms with Crippen LogP contribution in [0.3, 0.4) is 0 Å². The number of carbonyl (C=O) groups excluding carboxylic acids is 2. The van der Waals surface area contributed by atoms with Crippen LogP contribution in [0.2, 0.25) is 0 Å². The summed E-state index contributed by atoms with van der Waals surface area (Å²) in [6, 6.07) is 1.86. The molecule has 0 bridgehead atoms. The molecule has 1 aliphatic carbocycles. The van der Waals surface area contributed by atoms with E-state index in [0.29, 0.717) is 12.1 Å². The number of ketones is 2. The lowest BCUT2D eigenvalue weighted by Crippen LogP contribution is -2.14. The number of carbonyl (C=O) groups is 2. The number of hydrogen-bond acceptors (Lipinski definition) is 2. The number of rotatable bonds is 1. The first-order valence-corrected chi connectivity index (χ1v) is 4.84. The third-order valence-electron chi connectivity index (χ3n) is 2.79. The van der Waals surface area contributed by atoms with Crippen LogP contribution in [0.25, 0.3) is 0 Å². The Morgan fingerprint density at radius 2 is 2.14 bits per heavy atom. The first kappa shape index (κ1) is 9.19. The molecule has 0 spiro atoms. The number of Topliss-reactive ketones (excluding diaryl/α,β-unsaturated/α-hetero) is 2. The molecule has 14 heavy (non-hydrogen) atoms. The van der Waals surface area contributed by atoms with Crippen LogP contribution in [0.5, 0.6) is 0 Å². The third-order valence-corrected chi connectivity index (χ3v) is 2.79. The molecular formula is C11H13NO2. The van der Waals surface area contributed by atoms with Gasteiger partial charge in [0, 0.05) is 20.4 Å². The predicted molar refractivity (Wildman–Crippen MR) is 52.7 cm³/mol. The van der Waals surface area contributed by atoms with E-state index in [1.807, 2.05) is 6.07 Å². The number of hydrogen-bond donors (Lipinski definition) is 0. The maximum Gasteiger partial charge on any atom is 0.179 e. The lowest BCUT2D eigenvalue weighted by molar-refractivity contribution is 0.0964. The van der Waals surface area contributed by atoms with Crippen molar-refractivity contribution in [2.45, 2.75) is 26.2 Å². The predicted octanol–water partition coefficient (Wildman–Crippen LogP) is 1.75. The van der Waals surface area contributed by atoms with Gasteiger partial charge in [-0.25, -0.2) is 0 Å². The molecule has 0 saturated heterocycles. The van der Waals surface area contributed by atoms with Crippen molar-refractivity contribution in [1.29, 1.82) is 0 Å². The molecule has 74 valence electrons. The van der Waals surface area contributed by atoms with E-state index in [1.165, 1.54) is 6.92 Å². The summed E-state index contributed by atoms with van der Waals surface area (Å²) in [4.78, 5) is 22.9. The van der Waals surface area contributed by atoms with Crippen molar-refractivity contribution in [1.82, 2.24) is 4.57 Å². The largest absolute Gasteiger partial charge is 0.339 e. The molecule has 1 heterocycles. The second-order valence-electron chi connectivity index (χ2n) is 3.80. The smallest absolute Gasteiger partial charge is 0.179 e. The summed E-state index contributed by atoms with van der Waals surface area (Å²) in [6.45, 7) is 1.53. The highest BCUT2D eigenvalue weighted by molar-refractivity contribution is 6.01. The molecule has 0 radical (unpaired) electrons. The maximum absolute atomic E-state index is 11.6. The second kappa shape index (κ2) is 3.08. The van der Waals surface area contributed by atoms with Crippen LogP contribution < -0.4 is 0 Å². The van der Waals surface area contributed by atoms with Gasteiger partial charge in [-0.2, -0.15) is 0 Å². The summed E-state index contributed by atoms with van der Waals surface area (Å²) in [6.07, 6.45) is 2.44. The summed E-state index contributed by atoms with van der Waals surface area (Å²) in [5.41, 5.74) is 2.42. The summed E-state index contributed by atoms with van der Waals surface area (Å²) >= 11 is 0. The van der Waals surface area contributed by atoms with Gasteiger partial charge in [-0.15, -0.1) is 0 Å². The second-order valence-corrected chi connectivity index (χ2v) is 3.80. The number of nitrogens with zero attached hydrogens (tertiary/aromatic N) is 1. The topological polar surface area (TPSA) is 39.1 Å². The van der Waals surface area contributed by atoms with Crippen molar-refractivity contribution >= 4 is 11.6 Å². The average Bonchev–Trinajstić information content (AvgIpc) is 2.45. The van der Waals surface area contributed by atoms with Gasteiger partial charge in [0.15, 0.2) is 11.6 Å². The van der Waals surface area contributed by atoms with E-state index in [-0.39, 0.29) is 11.6 Å². The lowest BCUT2D eigenvalue weighted by Gasteiger charge is -2.11.